The van der Waals surface area contributed by atoms with Gasteiger partial charge in [0, 0.05) is 22.7 Å². The molecule has 10 heteroatoms. The molecule has 1 aliphatic rings. The Kier molecular flexibility index (Phi) is 4.62. The molecular formula is C20H18BrN5O3S. The van der Waals surface area contributed by atoms with E-state index < -0.39 is 9.84 Å². The van der Waals surface area contributed by atoms with Crippen LogP contribution in [0.15, 0.2) is 47.2 Å². The van der Waals surface area contributed by atoms with Crippen LogP contribution in [-0.2, 0) is 9.84 Å². The molecule has 0 atom stereocenters. The third-order valence-corrected chi connectivity index (χ3v) is 7.73. The highest BCUT2D eigenvalue weighted by Crippen LogP contribution is 2.35. The van der Waals surface area contributed by atoms with E-state index in [1.165, 1.54) is 0 Å². The van der Waals surface area contributed by atoms with Crippen LogP contribution in [0.3, 0.4) is 0 Å². The maximum Gasteiger partial charge on any atom is 0.234 e. The van der Waals surface area contributed by atoms with Crippen molar-refractivity contribution in [1.82, 2.24) is 19.6 Å². The predicted molar refractivity (Wildman–Crippen MR) is 118 cm³/mol. The van der Waals surface area contributed by atoms with E-state index in [4.69, 9.17) is 10.5 Å². The summed E-state index contributed by atoms with van der Waals surface area (Å²) in [4.78, 5) is 9.18. The fourth-order valence-electron chi connectivity index (χ4n) is 3.62. The van der Waals surface area contributed by atoms with Gasteiger partial charge in [-0.3, -0.25) is 4.98 Å². The van der Waals surface area contributed by atoms with Crippen molar-refractivity contribution in [2.75, 3.05) is 17.2 Å². The Morgan fingerprint density at radius 1 is 1.17 bits per heavy atom. The van der Waals surface area contributed by atoms with Crippen LogP contribution >= 0.6 is 15.9 Å². The number of hydrogen-bond donors (Lipinski definition) is 1. The number of nitrogens with zero attached hydrogens (tertiary/aromatic N) is 4. The van der Waals surface area contributed by atoms with Crippen LogP contribution in [0.1, 0.15) is 12.8 Å². The number of sulfone groups is 1. The van der Waals surface area contributed by atoms with Gasteiger partial charge in [-0.25, -0.2) is 8.42 Å². The molecular weight excluding hydrogens is 470 g/mol. The molecule has 1 aliphatic heterocycles. The number of benzene rings is 1. The zero-order chi connectivity index (χ0) is 20.9. The second kappa shape index (κ2) is 7.21. The molecule has 0 radical (unpaired) electrons. The molecule has 0 unspecified atom stereocenters. The molecule has 0 amide bonds. The van der Waals surface area contributed by atoms with Crippen LogP contribution in [0.25, 0.3) is 27.7 Å². The fourth-order valence-corrected chi connectivity index (χ4v) is 5.42. The monoisotopic (exact) mass is 487 g/mol. The first-order valence-corrected chi connectivity index (χ1v) is 12.1. The molecule has 8 nitrogen and oxygen atoms in total. The average Bonchev–Trinajstić information content (AvgIpc) is 3.17. The first-order valence-electron chi connectivity index (χ1n) is 9.46. The SMILES string of the molecule is Nc1c(Br)c(OC2CCS(=O)(=O)CC2)nc2c(-c3cnc4ccccc4c3)cnn12. The summed E-state index contributed by atoms with van der Waals surface area (Å²) in [6.45, 7) is 0. The number of aromatic nitrogens is 4. The first kappa shape index (κ1) is 19.3. The number of hydrogen-bond acceptors (Lipinski definition) is 7. The lowest BCUT2D eigenvalue weighted by molar-refractivity contribution is 0.181. The van der Waals surface area contributed by atoms with E-state index in [0.717, 1.165) is 22.0 Å². The summed E-state index contributed by atoms with van der Waals surface area (Å²) in [5, 5.41) is 5.39. The normalized spacial score (nSPS) is 16.8. The first-order chi connectivity index (χ1) is 14.4. The number of nitrogens with two attached hydrogens (primary N) is 1. The van der Waals surface area contributed by atoms with E-state index >= 15 is 0 Å². The lowest BCUT2D eigenvalue weighted by Gasteiger charge is -2.23. The maximum atomic E-state index is 11.7. The van der Waals surface area contributed by atoms with Crippen LogP contribution < -0.4 is 10.5 Å². The molecule has 4 aromatic rings. The molecule has 0 spiro atoms. The number of pyridine rings is 1. The third-order valence-electron chi connectivity index (χ3n) is 5.27. The van der Waals surface area contributed by atoms with Gasteiger partial charge < -0.3 is 10.5 Å². The van der Waals surface area contributed by atoms with Crippen LogP contribution in [0.2, 0.25) is 0 Å². The van der Waals surface area contributed by atoms with Gasteiger partial charge in [-0.15, -0.1) is 0 Å². The second-order valence-electron chi connectivity index (χ2n) is 7.30. The third kappa shape index (κ3) is 3.39. The molecule has 154 valence electrons. The van der Waals surface area contributed by atoms with Crippen molar-refractivity contribution in [3.63, 3.8) is 0 Å². The maximum absolute atomic E-state index is 11.7. The van der Waals surface area contributed by atoms with E-state index in [9.17, 15) is 8.42 Å². The number of fused-ring (bicyclic) bond motifs is 2. The van der Waals surface area contributed by atoms with Crippen molar-refractivity contribution in [3.8, 4) is 17.0 Å². The Hall–Kier alpha value is -2.72. The van der Waals surface area contributed by atoms with Crippen LogP contribution in [0, 0.1) is 0 Å². The summed E-state index contributed by atoms with van der Waals surface area (Å²) in [7, 11) is -2.97. The quantitative estimate of drug-likeness (QED) is 0.471. The summed E-state index contributed by atoms with van der Waals surface area (Å²) >= 11 is 3.44. The summed E-state index contributed by atoms with van der Waals surface area (Å²) in [6, 6.07) is 9.91. The van der Waals surface area contributed by atoms with Crippen LogP contribution in [0.5, 0.6) is 5.88 Å². The van der Waals surface area contributed by atoms with Gasteiger partial charge in [-0.2, -0.15) is 14.6 Å². The molecule has 3 aromatic heterocycles. The second-order valence-corrected chi connectivity index (χ2v) is 10.4. The summed E-state index contributed by atoms with van der Waals surface area (Å²) < 4.78 is 31.5. The highest BCUT2D eigenvalue weighted by atomic mass is 79.9. The van der Waals surface area contributed by atoms with Crippen LogP contribution in [-0.4, -0.2) is 45.6 Å². The zero-order valence-corrected chi connectivity index (χ0v) is 18.2. The van der Waals surface area contributed by atoms with Gasteiger partial charge in [0.05, 0.1) is 23.2 Å². The van der Waals surface area contributed by atoms with E-state index in [2.05, 4.69) is 31.0 Å². The topological polar surface area (TPSA) is 112 Å². The van der Waals surface area contributed by atoms with Crippen LogP contribution in [0.4, 0.5) is 5.82 Å². The molecule has 1 aromatic carbocycles. The zero-order valence-electron chi connectivity index (χ0n) is 15.8. The molecule has 4 heterocycles. The minimum atomic E-state index is -2.97. The number of halogens is 1. The molecule has 0 aliphatic carbocycles. The molecule has 1 saturated heterocycles. The number of ether oxygens (including phenoxy) is 1. The smallest absolute Gasteiger partial charge is 0.234 e. The van der Waals surface area contributed by atoms with Gasteiger partial charge in [0.15, 0.2) is 15.5 Å². The highest BCUT2D eigenvalue weighted by molar-refractivity contribution is 9.10. The Labute approximate surface area is 181 Å². The van der Waals surface area contributed by atoms with Crippen molar-refractivity contribution in [1.29, 1.82) is 0 Å². The summed E-state index contributed by atoms with van der Waals surface area (Å²) in [6.07, 6.45) is 4.12. The number of nitrogen functional groups attached to an aromatic ring is 1. The van der Waals surface area contributed by atoms with Crippen molar-refractivity contribution < 1.29 is 13.2 Å². The van der Waals surface area contributed by atoms with Crippen molar-refractivity contribution in [2.24, 2.45) is 0 Å². The van der Waals surface area contributed by atoms with E-state index in [0.29, 0.717) is 34.7 Å². The standard InChI is InChI=1S/C20H18BrN5O3S/c21-17-18(22)26-19(25-20(17)29-14-5-7-30(27,28)8-6-14)15(11-24-26)13-9-12-3-1-2-4-16(12)23-10-13/h1-4,9-11,14H,5-8,22H2. The molecule has 0 bridgehead atoms. The molecule has 5 rings (SSSR count). The van der Waals surface area contributed by atoms with E-state index in [1.54, 1.807) is 16.9 Å². The van der Waals surface area contributed by atoms with Gasteiger partial charge in [0.1, 0.15) is 16.4 Å². The number of rotatable bonds is 3. The Morgan fingerprint density at radius 3 is 2.73 bits per heavy atom. The average molecular weight is 488 g/mol. The minimum absolute atomic E-state index is 0.119. The highest BCUT2D eigenvalue weighted by Gasteiger charge is 2.27. The van der Waals surface area contributed by atoms with Gasteiger partial charge in [0.2, 0.25) is 5.88 Å². The Morgan fingerprint density at radius 2 is 1.93 bits per heavy atom. The summed E-state index contributed by atoms with van der Waals surface area (Å²) in [5.74, 6) is 0.930. The van der Waals surface area contributed by atoms with Gasteiger partial charge in [-0.1, -0.05) is 18.2 Å². The van der Waals surface area contributed by atoms with Gasteiger partial charge >= 0.3 is 0 Å². The lowest BCUT2D eigenvalue weighted by atomic mass is 10.1. The Balaban J connectivity index is 1.56. The largest absolute Gasteiger partial charge is 0.473 e. The van der Waals surface area contributed by atoms with Crippen molar-refractivity contribution in [3.05, 3.63) is 47.2 Å². The molecule has 1 fully saturated rings. The summed E-state index contributed by atoms with van der Waals surface area (Å²) in [5.41, 5.74) is 9.37. The van der Waals surface area contributed by atoms with E-state index in [-0.39, 0.29) is 17.6 Å². The van der Waals surface area contributed by atoms with E-state index in [1.807, 2.05) is 30.3 Å². The molecule has 30 heavy (non-hydrogen) atoms. The minimum Gasteiger partial charge on any atom is -0.473 e. The number of anilines is 1. The molecule has 0 saturated carbocycles. The fraction of sp³-hybridized carbons (Fsp3) is 0.250. The van der Waals surface area contributed by atoms with Crippen molar-refractivity contribution >= 4 is 48.1 Å². The van der Waals surface area contributed by atoms with Crippen molar-refractivity contribution in [2.45, 2.75) is 18.9 Å². The van der Waals surface area contributed by atoms with Gasteiger partial charge in [0.25, 0.3) is 0 Å². The van der Waals surface area contributed by atoms with Gasteiger partial charge in [-0.05, 0) is 40.9 Å². The predicted octanol–water partition coefficient (Wildman–Crippen LogP) is 3.25. The Bertz CT molecular complexity index is 1370. The molecule has 2 N–H and O–H groups in total. The lowest BCUT2D eigenvalue weighted by Crippen LogP contribution is -2.31. The number of para-hydroxylation sites is 1.